The fourth-order valence-corrected chi connectivity index (χ4v) is 7.21. The average molecular weight is 633 g/mol. The molecule has 12 nitrogen and oxygen atoms in total. The Labute approximate surface area is 264 Å². The van der Waals surface area contributed by atoms with Crippen molar-refractivity contribution in [1.29, 1.82) is 0 Å². The number of esters is 1. The molecule has 11 atom stereocenters. The zero-order valence-electron chi connectivity index (χ0n) is 28.6. The number of ketones is 1. The van der Waals surface area contributed by atoms with Crippen LogP contribution in [0.2, 0.25) is 0 Å². The summed E-state index contributed by atoms with van der Waals surface area (Å²) in [5.74, 6) is -2.91. The second-order valence-corrected chi connectivity index (χ2v) is 14.1. The van der Waals surface area contributed by atoms with Crippen LogP contribution in [0.4, 0.5) is 0 Å². The molecule has 4 N–H and O–H groups in total. The fourth-order valence-electron chi connectivity index (χ4n) is 7.21. The highest BCUT2D eigenvalue weighted by molar-refractivity contribution is 6.04. The van der Waals surface area contributed by atoms with E-state index in [0.717, 1.165) is 0 Å². The van der Waals surface area contributed by atoms with Gasteiger partial charge in [0.05, 0.1) is 17.8 Å². The zero-order chi connectivity index (χ0) is 33.6. The van der Waals surface area contributed by atoms with Crippen LogP contribution in [-0.4, -0.2) is 145 Å². The number of Topliss-reactive ketones (excluding diaryl/α,β-unsaturated/α-hetero) is 1. The minimum absolute atomic E-state index is 0.0271. The highest BCUT2D eigenvalue weighted by Gasteiger charge is 2.51. The summed E-state index contributed by atoms with van der Waals surface area (Å²) < 4.78 is 24.6. The lowest BCUT2D eigenvalue weighted by atomic mass is 9.74. The van der Waals surface area contributed by atoms with Crippen LogP contribution in [-0.2, 0) is 28.5 Å². The molecule has 0 unspecified atom stereocenters. The summed E-state index contributed by atoms with van der Waals surface area (Å²) in [5.41, 5.74) is -2.59. The van der Waals surface area contributed by atoms with Crippen molar-refractivity contribution in [1.82, 2.24) is 9.80 Å². The van der Waals surface area contributed by atoms with Gasteiger partial charge in [0.15, 0.2) is 12.1 Å². The van der Waals surface area contributed by atoms with E-state index in [1.54, 1.807) is 14.0 Å². The Balaban J connectivity index is 2.57. The van der Waals surface area contributed by atoms with E-state index >= 15 is 0 Å². The summed E-state index contributed by atoms with van der Waals surface area (Å²) >= 11 is 0. The molecule has 0 bridgehead atoms. The van der Waals surface area contributed by atoms with Gasteiger partial charge in [-0.1, -0.05) is 13.8 Å². The van der Waals surface area contributed by atoms with Crippen LogP contribution in [0.3, 0.4) is 0 Å². The van der Waals surface area contributed by atoms with E-state index < -0.39 is 65.1 Å². The van der Waals surface area contributed by atoms with Crippen LogP contribution in [0.1, 0.15) is 60.8 Å². The SMILES string of the molecule is CO[C@]1(C)C[C@@H](C)CN(C)[C@@H]([C@@H](CO)[C@@H](CO)CCO)COC(=O)C(C)(C)C(=O)[C@H](C)[C@H]1O[C@@H]1O[C@H](C)C[C@H](N(C)C)[C@H]1O. The monoisotopic (exact) mass is 632 g/mol. The lowest BCUT2D eigenvalue weighted by Crippen LogP contribution is -2.59. The molecule has 0 spiro atoms. The molecule has 0 amide bonds. The Morgan fingerprint density at radius 2 is 1.73 bits per heavy atom. The first-order chi connectivity index (χ1) is 20.5. The minimum Gasteiger partial charge on any atom is -0.463 e. The second kappa shape index (κ2) is 16.6. The van der Waals surface area contributed by atoms with Crippen molar-refractivity contribution in [2.24, 2.45) is 29.1 Å². The molecule has 0 saturated carbocycles. The summed E-state index contributed by atoms with van der Waals surface area (Å²) in [6.45, 7) is 10.3. The number of hydrogen-bond acceptors (Lipinski definition) is 12. The maximum atomic E-state index is 14.2. The average Bonchev–Trinajstić information content (AvgIpc) is 2.96. The Bertz CT molecular complexity index is 919. The molecule has 0 aromatic heterocycles. The first kappa shape index (κ1) is 39.0. The topological polar surface area (TPSA) is 158 Å². The maximum Gasteiger partial charge on any atom is 0.319 e. The number of aliphatic hydroxyl groups excluding tert-OH is 4. The van der Waals surface area contributed by atoms with E-state index in [2.05, 4.69) is 0 Å². The van der Waals surface area contributed by atoms with Gasteiger partial charge in [-0.05, 0) is 79.9 Å². The van der Waals surface area contributed by atoms with Gasteiger partial charge >= 0.3 is 5.97 Å². The van der Waals surface area contributed by atoms with Crippen LogP contribution >= 0.6 is 0 Å². The molecule has 0 radical (unpaired) electrons. The van der Waals surface area contributed by atoms with Crippen molar-refractivity contribution in [2.45, 2.75) is 103 Å². The summed E-state index contributed by atoms with van der Waals surface area (Å²) in [6.07, 6.45) is -1.75. The molecule has 2 rings (SSSR count). The van der Waals surface area contributed by atoms with Crippen LogP contribution in [0, 0.1) is 29.1 Å². The summed E-state index contributed by atoms with van der Waals surface area (Å²) in [5, 5.41) is 41.3. The molecule has 2 fully saturated rings. The first-order valence-corrected chi connectivity index (χ1v) is 15.9. The molecule has 258 valence electrons. The Hall–Kier alpha value is -1.22. The van der Waals surface area contributed by atoms with E-state index in [0.29, 0.717) is 19.4 Å². The van der Waals surface area contributed by atoms with Crippen molar-refractivity contribution < 1.29 is 49.0 Å². The number of carbonyl (C=O) groups excluding carboxylic acids is 2. The number of hydrogen-bond donors (Lipinski definition) is 4. The molecule has 12 heteroatoms. The highest BCUT2D eigenvalue weighted by atomic mass is 16.7. The molecular weight excluding hydrogens is 572 g/mol. The number of nitrogens with zero attached hydrogens (tertiary/aromatic N) is 2. The van der Waals surface area contributed by atoms with E-state index in [1.807, 2.05) is 51.7 Å². The van der Waals surface area contributed by atoms with Crippen LogP contribution in [0.15, 0.2) is 0 Å². The number of methoxy groups -OCH3 is 1. The van der Waals surface area contributed by atoms with Gasteiger partial charge in [-0.25, -0.2) is 0 Å². The van der Waals surface area contributed by atoms with Crippen molar-refractivity contribution in [3.8, 4) is 0 Å². The molecule has 0 aromatic rings. The number of aliphatic hydroxyl groups is 4. The normalized spacial score (nSPS) is 37.9. The highest BCUT2D eigenvalue weighted by Crippen LogP contribution is 2.38. The van der Waals surface area contributed by atoms with Gasteiger partial charge in [-0.2, -0.15) is 0 Å². The molecular formula is C32H60N2O10. The molecule has 0 aromatic carbocycles. The number of likely N-dealkylation sites (N-methyl/N-ethyl adjacent to an activating group) is 2. The summed E-state index contributed by atoms with van der Waals surface area (Å²) in [4.78, 5) is 31.7. The third kappa shape index (κ3) is 8.98. The molecule has 2 saturated heterocycles. The maximum absolute atomic E-state index is 14.2. The van der Waals surface area contributed by atoms with Gasteiger partial charge in [-0.15, -0.1) is 0 Å². The van der Waals surface area contributed by atoms with Crippen molar-refractivity contribution in [3.05, 3.63) is 0 Å². The number of carbonyl (C=O) groups is 2. The molecule has 44 heavy (non-hydrogen) atoms. The predicted octanol–water partition coefficient (Wildman–Crippen LogP) is 0.917. The van der Waals surface area contributed by atoms with Crippen molar-refractivity contribution >= 4 is 11.8 Å². The van der Waals surface area contributed by atoms with Gasteiger partial charge < -0.3 is 44.3 Å². The lowest BCUT2D eigenvalue weighted by Gasteiger charge is -2.47. The molecule has 2 heterocycles. The lowest BCUT2D eigenvalue weighted by molar-refractivity contribution is -0.295. The minimum atomic E-state index is -1.56. The first-order valence-electron chi connectivity index (χ1n) is 15.9. The quantitative estimate of drug-likeness (QED) is 0.200. The van der Waals surface area contributed by atoms with Crippen LogP contribution < -0.4 is 0 Å². The largest absolute Gasteiger partial charge is 0.463 e. The van der Waals surface area contributed by atoms with Gasteiger partial charge in [0.2, 0.25) is 0 Å². The number of ether oxygens (including phenoxy) is 4. The smallest absolute Gasteiger partial charge is 0.319 e. The second-order valence-electron chi connectivity index (χ2n) is 14.1. The molecule has 0 aliphatic carbocycles. The molecule has 2 aliphatic heterocycles. The van der Waals surface area contributed by atoms with Gasteiger partial charge in [0.25, 0.3) is 0 Å². The Morgan fingerprint density at radius 3 is 2.25 bits per heavy atom. The predicted molar refractivity (Wildman–Crippen MR) is 165 cm³/mol. The zero-order valence-corrected chi connectivity index (χ0v) is 28.6. The number of rotatable bonds is 10. The third-order valence-corrected chi connectivity index (χ3v) is 9.97. The van der Waals surface area contributed by atoms with Crippen molar-refractivity contribution in [2.75, 3.05) is 61.2 Å². The van der Waals surface area contributed by atoms with Crippen LogP contribution in [0.5, 0.6) is 0 Å². The Kier molecular flexibility index (Phi) is 14.7. The summed E-state index contributed by atoms with van der Waals surface area (Å²) in [6, 6.07) is -0.711. The fraction of sp³-hybridized carbons (Fsp3) is 0.938. The van der Waals surface area contributed by atoms with Gasteiger partial charge in [0, 0.05) is 57.4 Å². The van der Waals surface area contributed by atoms with Crippen LogP contribution in [0.25, 0.3) is 0 Å². The molecule has 2 aliphatic rings. The van der Waals surface area contributed by atoms with E-state index in [-0.39, 0.29) is 50.9 Å². The number of cyclic esters (lactones) is 1. The van der Waals surface area contributed by atoms with E-state index in [9.17, 15) is 30.0 Å². The van der Waals surface area contributed by atoms with Gasteiger partial charge in [0.1, 0.15) is 18.1 Å². The third-order valence-electron chi connectivity index (χ3n) is 9.97. The van der Waals surface area contributed by atoms with Gasteiger partial charge in [-0.3, -0.25) is 14.5 Å². The standard InChI is InChI=1S/C32H60N2O10/c1-19-14-32(6,41-10)28(44-29-26(38)24(33(7)8)13-20(2)43-29)21(3)27(39)31(4,5)30(40)42-18-25(34(9)15-19)23(17-37)22(16-36)11-12-35/h19-26,28-29,35-38H,11-18H2,1-10H3/t19-,20-,21+,22-,23+,24+,25-,26-,28-,29+,32-/m1/s1. The van der Waals surface area contributed by atoms with Crippen molar-refractivity contribution in [3.63, 3.8) is 0 Å². The Morgan fingerprint density at radius 1 is 1.09 bits per heavy atom. The summed E-state index contributed by atoms with van der Waals surface area (Å²) in [7, 11) is 7.22. The van der Waals surface area contributed by atoms with E-state index in [4.69, 9.17) is 18.9 Å². The van der Waals surface area contributed by atoms with E-state index in [1.165, 1.54) is 13.8 Å².